The van der Waals surface area contributed by atoms with Gasteiger partial charge in [-0.1, -0.05) is 61.3 Å². The van der Waals surface area contributed by atoms with Gasteiger partial charge in [-0.25, -0.2) is 8.42 Å². The highest BCUT2D eigenvalue weighted by Gasteiger charge is 2.54. The van der Waals surface area contributed by atoms with Crippen LogP contribution in [-0.2, 0) is 19.4 Å². The van der Waals surface area contributed by atoms with Gasteiger partial charge in [0.05, 0.1) is 23.5 Å². The molecule has 2 unspecified atom stereocenters. The average Bonchev–Trinajstić information content (AvgIpc) is 2.79. The highest BCUT2D eigenvalue weighted by molar-refractivity contribution is 7.92. The maximum absolute atomic E-state index is 14.2. The van der Waals surface area contributed by atoms with Crippen molar-refractivity contribution in [3.8, 4) is 0 Å². The molecule has 2 aromatic carbocycles. The van der Waals surface area contributed by atoms with Crippen LogP contribution in [0.3, 0.4) is 0 Å². The van der Waals surface area contributed by atoms with Gasteiger partial charge in [-0.05, 0) is 61.6 Å². The number of likely N-dealkylation sites (tertiary alicyclic amines) is 1. The smallest absolute Gasteiger partial charge is 0.305 e. The summed E-state index contributed by atoms with van der Waals surface area (Å²) in [7, 11) is -3.57. The number of carbonyl (C=O) groups is 2. The molecule has 0 radical (unpaired) electrons. The van der Waals surface area contributed by atoms with Crippen LogP contribution >= 0.6 is 23.2 Å². The third kappa shape index (κ3) is 6.48. The second kappa shape index (κ2) is 11.3. The molecule has 3 N–H and O–H groups in total. The highest BCUT2D eigenvalue weighted by atomic mass is 35.5. The highest BCUT2D eigenvalue weighted by Crippen LogP contribution is 2.49. The zero-order valence-corrected chi connectivity index (χ0v) is 23.7. The van der Waals surface area contributed by atoms with E-state index in [1.165, 1.54) is 4.90 Å². The molecule has 37 heavy (non-hydrogen) atoms. The maximum atomic E-state index is 14.2. The minimum Gasteiger partial charge on any atom is -0.481 e. The third-order valence-corrected chi connectivity index (χ3v) is 9.86. The van der Waals surface area contributed by atoms with Crippen molar-refractivity contribution >= 4 is 44.9 Å². The summed E-state index contributed by atoms with van der Waals surface area (Å²) < 4.78 is 26.2. The van der Waals surface area contributed by atoms with E-state index < -0.39 is 56.9 Å². The van der Waals surface area contributed by atoms with Crippen molar-refractivity contribution in [1.82, 2.24) is 4.90 Å². The summed E-state index contributed by atoms with van der Waals surface area (Å²) in [6.07, 6.45) is -0.543. The van der Waals surface area contributed by atoms with Crippen molar-refractivity contribution < 1.29 is 23.1 Å². The molecule has 2 aromatic rings. The van der Waals surface area contributed by atoms with Crippen LogP contribution in [0.1, 0.15) is 63.6 Å². The van der Waals surface area contributed by atoms with Gasteiger partial charge in [0, 0.05) is 22.0 Å². The fraction of sp³-hybridized carbons (Fsp3) is 0.481. The van der Waals surface area contributed by atoms with Crippen LogP contribution < -0.4 is 5.73 Å². The Morgan fingerprint density at radius 2 is 1.70 bits per heavy atom. The first-order valence-corrected chi connectivity index (χ1v) is 14.7. The largest absolute Gasteiger partial charge is 0.481 e. The molecule has 202 valence electrons. The molecule has 0 aromatic heterocycles. The van der Waals surface area contributed by atoms with Gasteiger partial charge < -0.3 is 15.7 Å². The minimum atomic E-state index is -3.57. The monoisotopic (exact) mass is 568 g/mol. The molecular formula is C27H34Cl2N2O5S. The first-order valence-electron chi connectivity index (χ1n) is 12.2. The SMILES string of the molecule is CC(C)[C@@H](CS(=O)(=O)C(C)C)N1C(=O)[C@@](N)(CC(=O)O)CC(c2cccc(Cl)c2)C1c1ccc(Cl)cc1. The minimum absolute atomic E-state index is 0.0456. The normalized spacial score (nSPS) is 23.5. The van der Waals surface area contributed by atoms with Gasteiger partial charge in [-0.3, -0.25) is 9.59 Å². The van der Waals surface area contributed by atoms with Gasteiger partial charge in [0.2, 0.25) is 5.91 Å². The lowest BCUT2D eigenvalue weighted by Gasteiger charge is -2.52. The number of carboxylic acids is 1. The predicted molar refractivity (Wildman–Crippen MR) is 147 cm³/mol. The number of sulfone groups is 1. The van der Waals surface area contributed by atoms with Crippen molar-refractivity contribution in [2.24, 2.45) is 11.7 Å². The first-order chi connectivity index (χ1) is 17.2. The molecule has 1 amide bonds. The van der Waals surface area contributed by atoms with Crippen LogP contribution in [0, 0.1) is 5.92 Å². The lowest BCUT2D eigenvalue weighted by molar-refractivity contribution is -0.154. The van der Waals surface area contributed by atoms with Crippen LogP contribution in [0.5, 0.6) is 0 Å². The molecule has 4 atom stereocenters. The second-order valence-corrected chi connectivity index (χ2v) is 14.0. The summed E-state index contributed by atoms with van der Waals surface area (Å²) in [5.41, 5.74) is 6.39. The van der Waals surface area contributed by atoms with Crippen molar-refractivity contribution in [3.05, 3.63) is 69.7 Å². The summed E-state index contributed by atoms with van der Waals surface area (Å²) in [5, 5.41) is 10.0. The Balaban J connectivity index is 2.30. The zero-order valence-electron chi connectivity index (χ0n) is 21.4. The van der Waals surface area contributed by atoms with Crippen LogP contribution in [0.25, 0.3) is 0 Å². The van der Waals surface area contributed by atoms with Crippen molar-refractivity contribution in [1.29, 1.82) is 0 Å². The number of piperidine rings is 1. The van der Waals surface area contributed by atoms with Crippen LogP contribution in [0.15, 0.2) is 48.5 Å². The van der Waals surface area contributed by atoms with Gasteiger partial charge in [0.25, 0.3) is 0 Å². The number of hydrogen-bond acceptors (Lipinski definition) is 5. The number of nitrogens with two attached hydrogens (primary N) is 1. The van der Waals surface area contributed by atoms with E-state index in [2.05, 4.69) is 0 Å². The van der Waals surface area contributed by atoms with E-state index in [0.29, 0.717) is 10.0 Å². The number of carboxylic acid groups (broad SMARTS) is 1. The van der Waals surface area contributed by atoms with Crippen molar-refractivity contribution in [2.75, 3.05) is 5.75 Å². The van der Waals surface area contributed by atoms with E-state index >= 15 is 0 Å². The number of halogens is 2. The zero-order chi connectivity index (χ0) is 27.7. The summed E-state index contributed by atoms with van der Waals surface area (Å²) in [5.74, 6) is -2.78. The Morgan fingerprint density at radius 3 is 2.22 bits per heavy atom. The van der Waals surface area contributed by atoms with Gasteiger partial charge in [0.1, 0.15) is 5.54 Å². The number of carbonyl (C=O) groups excluding carboxylic acids is 1. The molecule has 1 aliphatic rings. The van der Waals surface area contributed by atoms with Crippen molar-refractivity contribution in [2.45, 2.75) is 69.3 Å². The molecule has 1 fully saturated rings. The molecular weight excluding hydrogens is 535 g/mol. The van der Waals surface area contributed by atoms with Crippen LogP contribution in [-0.4, -0.2) is 52.9 Å². The molecule has 0 saturated carbocycles. The van der Waals surface area contributed by atoms with Gasteiger partial charge in [0.15, 0.2) is 9.84 Å². The van der Waals surface area contributed by atoms with Crippen molar-refractivity contribution in [3.63, 3.8) is 0 Å². The Morgan fingerprint density at radius 1 is 1.08 bits per heavy atom. The number of rotatable bonds is 9. The molecule has 1 heterocycles. The number of benzene rings is 2. The first kappa shape index (κ1) is 29.4. The van der Waals surface area contributed by atoms with E-state index in [1.807, 2.05) is 19.9 Å². The molecule has 0 bridgehead atoms. The topological polar surface area (TPSA) is 118 Å². The van der Waals surface area contributed by atoms with E-state index in [-0.39, 0.29) is 18.1 Å². The Hall–Kier alpha value is -2.13. The standard InChI is InChI=1S/C27H34Cl2N2O5S/c1-16(2)23(15-37(35,36)17(3)4)31-25(18-8-10-20(28)11-9-18)22(19-6-5-7-21(29)12-19)13-27(30,26(31)34)14-24(32)33/h5-12,16-17,22-23,25H,13-15,30H2,1-4H3,(H,32,33)/t22?,23-,25?,27+/m1/s1. The summed E-state index contributed by atoms with van der Waals surface area (Å²) in [4.78, 5) is 27.6. The van der Waals surface area contributed by atoms with E-state index in [9.17, 15) is 23.1 Å². The van der Waals surface area contributed by atoms with Crippen LogP contribution in [0.4, 0.5) is 0 Å². The number of hydrogen-bond donors (Lipinski definition) is 2. The number of amides is 1. The second-order valence-electron chi connectivity index (χ2n) is 10.5. The van der Waals surface area contributed by atoms with E-state index in [1.54, 1.807) is 56.3 Å². The number of aliphatic carboxylic acids is 1. The lowest BCUT2D eigenvalue weighted by atomic mass is 9.70. The third-order valence-electron chi connectivity index (χ3n) is 7.13. The molecule has 0 spiro atoms. The predicted octanol–water partition coefficient (Wildman–Crippen LogP) is 5.07. The summed E-state index contributed by atoms with van der Waals surface area (Å²) in [6.45, 7) is 6.91. The van der Waals surface area contributed by atoms with E-state index in [4.69, 9.17) is 28.9 Å². The molecule has 1 aliphatic heterocycles. The van der Waals surface area contributed by atoms with Gasteiger partial charge in [-0.15, -0.1) is 0 Å². The summed E-state index contributed by atoms with van der Waals surface area (Å²) in [6, 6.07) is 12.8. The molecule has 1 saturated heterocycles. The Labute approximate surface area is 228 Å². The number of nitrogens with zero attached hydrogens (tertiary/aromatic N) is 1. The van der Waals surface area contributed by atoms with E-state index in [0.717, 1.165) is 11.1 Å². The maximum Gasteiger partial charge on any atom is 0.305 e. The fourth-order valence-corrected chi connectivity index (χ4v) is 6.79. The van der Waals surface area contributed by atoms with Gasteiger partial charge >= 0.3 is 5.97 Å². The molecule has 10 heteroatoms. The fourth-order valence-electron chi connectivity index (χ4n) is 5.06. The molecule has 0 aliphatic carbocycles. The van der Waals surface area contributed by atoms with Gasteiger partial charge in [-0.2, -0.15) is 0 Å². The quantitative estimate of drug-likeness (QED) is 0.436. The average molecular weight is 570 g/mol. The summed E-state index contributed by atoms with van der Waals surface area (Å²) >= 11 is 12.5. The van der Waals surface area contributed by atoms with Crippen LogP contribution in [0.2, 0.25) is 10.0 Å². The Bertz CT molecular complexity index is 1250. The molecule has 7 nitrogen and oxygen atoms in total. The lowest BCUT2D eigenvalue weighted by Crippen LogP contribution is -2.66. The molecule has 3 rings (SSSR count). The Kier molecular flexibility index (Phi) is 9.00.